The molecule has 2 aromatic carbocycles. The van der Waals surface area contributed by atoms with Crippen molar-refractivity contribution in [2.75, 3.05) is 13.7 Å². The minimum atomic E-state index is -1.21. The van der Waals surface area contributed by atoms with Crippen molar-refractivity contribution in [2.24, 2.45) is 0 Å². The number of carbonyl (C=O) groups excluding carboxylic acids is 3. The molecule has 28 heavy (non-hydrogen) atoms. The second-order valence-electron chi connectivity index (χ2n) is 6.19. The maximum Gasteiger partial charge on any atom is 0.344 e. The Morgan fingerprint density at radius 1 is 1.07 bits per heavy atom. The molecule has 3 rings (SSSR count). The van der Waals surface area contributed by atoms with Crippen LogP contribution in [0.25, 0.3) is 0 Å². The van der Waals surface area contributed by atoms with Gasteiger partial charge in [0.2, 0.25) is 0 Å². The van der Waals surface area contributed by atoms with Crippen LogP contribution in [0.1, 0.15) is 18.9 Å². The van der Waals surface area contributed by atoms with E-state index in [0.717, 1.165) is 0 Å². The highest BCUT2D eigenvalue weighted by Crippen LogP contribution is 2.31. The highest BCUT2D eigenvalue weighted by Gasteiger charge is 2.52. The fraction of sp³-hybridized carbons (Fsp3) is 0.250. The van der Waals surface area contributed by atoms with Gasteiger partial charge in [-0.15, -0.1) is 0 Å². The Kier molecular flexibility index (Phi) is 5.49. The molecule has 4 amide bonds. The second-order valence-corrected chi connectivity index (χ2v) is 6.19. The standard InChI is InChI=1S/C20H21N3O5/c1-3-20(14-7-5-4-6-8-14)18(25)23(19(26)21-20)22-17(24)13-28-16-11-9-15(27-2)10-12-16/h4-12H,3,13H2,1-2H3,(H,21,26)(H,22,24)/t20-/m0/s1. The molecule has 146 valence electrons. The number of benzene rings is 2. The van der Waals surface area contributed by atoms with Gasteiger partial charge in [0.1, 0.15) is 17.0 Å². The molecule has 1 heterocycles. The summed E-state index contributed by atoms with van der Waals surface area (Å²) in [6, 6.07) is 14.9. The number of hydrogen-bond acceptors (Lipinski definition) is 5. The smallest absolute Gasteiger partial charge is 0.344 e. The first-order valence-corrected chi connectivity index (χ1v) is 8.78. The van der Waals surface area contributed by atoms with E-state index in [2.05, 4.69) is 10.7 Å². The maximum atomic E-state index is 12.9. The summed E-state index contributed by atoms with van der Waals surface area (Å²) in [4.78, 5) is 37.4. The highest BCUT2D eigenvalue weighted by molar-refractivity contribution is 6.08. The number of hydrazine groups is 1. The van der Waals surface area contributed by atoms with E-state index in [0.29, 0.717) is 28.5 Å². The van der Waals surface area contributed by atoms with E-state index in [9.17, 15) is 14.4 Å². The van der Waals surface area contributed by atoms with Gasteiger partial charge in [0, 0.05) is 0 Å². The first-order chi connectivity index (χ1) is 13.5. The van der Waals surface area contributed by atoms with Crippen molar-refractivity contribution in [2.45, 2.75) is 18.9 Å². The van der Waals surface area contributed by atoms with Crippen molar-refractivity contribution in [1.82, 2.24) is 15.8 Å². The molecule has 2 N–H and O–H groups in total. The number of ether oxygens (including phenoxy) is 2. The Morgan fingerprint density at radius 3 is 2.32 bits per heavy atom. The number of imide groups is 1. The summed E-state index contributed by atoms with van der Waals surface area (Å²) in [5.74, 6) is -0.0448. The van der Waals surface area contributed by atoms with Gasteiger partial charge in [-0.25, -0.2) is 4.79 Å². The summed E-state index contributed by atoms with van der Waals surface area (Å²) in [7, 11) is 1.55. The third-order valence-corrected chi connectivity index (χ3v) is 4.55. The van der Waals surface area contributed by atoms with E-state index < -0.39 is 23.4 Å². The average molecular weight is 383 g/mol. The molecule has 1 fully saturated rings. The van der Waals surface area contributed by atoms with Gasteiger partial charge in [-0.1, -0.05) is 37.3 Å². The van der Waals surface area contributed by atoms with Crippen LogP contribution in [0.3, 0.4) is 0 Å². The molecule has 0 radical (unpaired) electrons. The fourth-order valence-corrected chi connectivity index (χ4v) is 3.02. The summed E-state index contributed by atoms with van der Waals surface area (Å²) in [6.07, 6.45) is 0.344. The molecule has 0 aliphatic carbocycles. The quantitative estimate of drug-likeness (QED) is 0.713. The van der Waals surface area contributed by atoms with E-state index in [4.69, 9.17) is 9.47 Å². The number of rotatable bonds is 7. The van der Waals surface area contributed by atoms with E-state index in [1.165, 1.54) is 0 Å². The van der Waals surface area contributed by atoms with Crippen molar-refractivity contribution in [3.8, 4) is 11.5 Å². The van der Waals surface area contributed by atoms with Crippen LogP contribution >= 0.6 is 0 Å². The monoisotopic (exact) mass is 383 g/mol. The normalized spacial score (nSPS) is 18.6. The molecular weight excluding hydrogens is 362 g/mol. The van der Waals surface area contributed by atoms with E-state index in [1.807, 2.05) is 6.07 Å². The summed E-state index contributed by atoms with van der Waals surface area (Å²) < 4.78 is 10.4. The van der Waals surface area contributed by atoms with Crippen LogP contribution in [-0.4, -0.2) is 36.6 Å². The summed E-state index contributed by atoms with van der Waals surface area (Å²) >= 11 is 0. The molecule has 8 heteroatoms. The third-order valence-electron chi connectivity index (χ3n) is 4.55. The lowest BCUT2D eigenvalue weighted by Gasteiger charge is -2.25. The summed E-state index contributed by atoms with van der Waals surface area (Å²) in [5.41, 5.74) is 1.76. The van der Waals surface area contributed by atoms with E-state index in [-0.39, 0.29) is 6.61 Å². The number of hydrogen-bond donors (Lipinski definition) is 2. The number of methoxy groups -OCH3 is 1. The largest absolute Gasteiger partial charge is 0.497 e. The average Bonchev–Trinajstić information content (AvgIpc) is 2.98. The van der Waals surface area contributed by atoms with Gasteiger partial charge in [0.15, 0.2) is 6.61 Å². The number of nitrogens with zero attached hydrogens (tertiary/aromatic N) is 1. The van der Waals surface area contributed by atoms with E-state index in [1.54, 1.807) is 62.6 Å². The molecule has 1 saturated heterocycles. The predicted octanol–water partition coefficient (Wildman–Crippen LogP) is 1.96. The summed E-state index contributed by atoms with van der Waals surface area (Å²) in [6.45, 7) is 1.44. The topological polar surface area (TPSA) is 97.0 Å². The Balaban J connectivity index is 1.65. The van der Waals surface area contributed by atoms with Crippen LogP contribution in [-0.2, 0) is 15.1 Å². The van der Waals surface area contributed by atoms with Crippen molar-refractivity contribution in [3.63, 3.8) is 0 Å². The molecule has 1 aliphatic rings. The van der Waals surface area contributed by atoms with Crippen LogP contribution in [0, 0.1) is 0 Å². The predicted molar refractivity (Wildman–Crippen MR) is 100 cm³/mol. The van der Waals surface area contributed by atoms with Crippen molar-refractivity contribution in [3.05, 3.63) is 60.2 Å². The summed E-state index contributed by atoms with van der Waals surface area (Å²) in [5, 5.41) is 3.40. The Morgan fingerprint density at radius 2 is 1.71 bits per heavy atom. The van der Waals surface area contributed by atoms with Crippen LogP contribution in [0.2, 0.25) is 0 Å². The second kappa shape index (κ2) is 7.99. The number of amides is 4. The molecule has 0 saturated carbocycles. The number of urea groups is 1. The third kappa shape index (κ3) is 3.62. The highest BCUT2D eigenvalue weighted by atomic mass is 16.5. The molecule has 1 atom stereocenters. The van der Waals surface area contributed by atoms with E-state index >= 15 is 0 Å². The SMILES string of the molecule is CC[C@@]1(c2ccccc2)NC(=O)N(NC(=O)COc2ccc(OC)cc2)C1=O. The Hall–Kier alpha value is -3.55. The fourth-order valence-electron chi connectivity index (χ4n) is 3.02. The van der Waals surface area contributed by atoms with Crippen molar-refractivity contribution < 1.29 is 23.9 Å². The lowest BCUT2D eigenvalue weighted by Crippen LogP contribution is -2.49. The van der Waals surface area contributed by atoms with Gasteiger partial charge in [0.25, 0.3) is 11.8 Å². The van der Waals surface area contributed by atoms with Gasteiger partial charge in [-0.2, -0.15) is 5.01 Å². The maximum absolute atomic E-state index is 12.9. The molecule has 8 nitrogen and oxygen atoms in total. The first-order valence-electron chi connectivity index (χ1n) is 8.78. The molecule has 2 aromatic rings. The zero-order chi connectivity index (χ0) is 20.1. The number of carbonyl (C=O) groups is 3. The minimum absolute atomic E-state index is 0.344. The number of nitrogens with one attached hydrogen (secondary N) is 2. The Labute approximate surface area is 162 Å². The van der Waals surface area contributed by atoms with Gasteiger partial charge >= 0.3 is 6.03 Å². The molecule has 0 aromatic heterocycles. The zero-order valence-electron chi connectivity index (χ0n) is 15.6. The van der Waals surface area contributed by atoms with Gasteiger partial charge in [-0.05, 0) is 36.2 Å². The van der Waals surface area contributed by atoms with Gasteiger partial charge < -0.3 is 14.8 Å². The molecule has 0 spiro atoms. The van der Waals surface area contributed by atoms with Gasteiger partial charge in [0.05, 0.1) is 7.11 Å². The molecular formula is C20H21N3O5. The van der Waals surface area contributed by atoms with Crippen LogP contribution in [0.5, 0.6) is 11.5 Å². The molecule has 0 bridgehead atoms. The lowest BCUT2D eigenvalue weighted by atomic mass is 9.87. The van der Waals surface area contributed by atoms with Crippen LogP contribution < -0.4 is 20.2 Å². The Bertz CT molecular complexity index is 869. The molecule has 0 unspecified atom stereocenters. The first kappa shape index (κ1) is 19.2. The van der Waals surface area contributed by atoms with Crippen LogP contribution in [0.15, 0.2) is 54.6 Å². The molecule has 1 aliphatic heterocycles. The van der Waals surface area contributed by atoms with Gasteiger partial charge in [-0.3, -0.25) is 15.0 Å². The van der Waals surface area contributed by atoms with Crippen molar-refractivity contribution >= 4 is 17.8 Å². The van der Waals surface area contributed by atoms with Crippen molar-refractivity contribution in [1.29, 1.82) is 0 Å². The lowest BCUT2D eigenvalue weighted by molar-refractivity contribution is -0.140. The minimum Gasteiger partial charge on any atom is -0.497 e. The zero-order valence-corrected chi connectivity index (χ0v) is 15.6. The van der Waals surface area contributed by atoms with Crippen LogP contribution in [0.4, 0.5) is 4.79 Å².